The van der Waals surface area contributed by atoms with Crippen LogP contribution < -0.4 is 0 Å². The first-order valence-electron chi connectivity index (χ1n) is 8.00. The summed E-state index contributed by atoms with van der Waals surface area (Å²) >= 11 is -0.239. The van der Waals surface area contributed by atoms with Crippen LogP contribution in [0.4, 0.5) is 0 Å². The molecule has 0 aromatic rings. The molecule has 0 aromatic carbocycles. The Balaban J connectivity index is 2.47. The van der Waals surface area contributed by atoms with E-state index in [0.717, 1.165) is 0 Å². The van der Waals surface area contributed by atoms with Gasteiger partial charge in [0.05, 0.1) is 0 Å². The Bertz CT molecular complexity index is 575. The Kier molecular flexibility index (Phi) is 4.02. The van der Waals surface area contributed by atoms with Crippen molar-refractivity contribution in [1.82, 2.24) is 0 Å². The SMILES string of the molecule is CC1=C(C)C(C)(C)[C]([Ge][C]2=C(C)C(C)=C(C)C2(C)C)=C1C. The first-order chi connectivity index (χ1) is 9.44. The molecule has 0 fully saturated rings. The molecule has 0 amide bonds. The van der Waals surface area contributed by atoms with E-state index >= 15 is 0 Å². The molecule has 114 valence electrons. The van der Waals surface area contributed by atoms with Gasteiger partial charge in [-0.25, -0.2) is 0 Å². The molecule has 2 aliphatic carbocycles. The van der Waals surface area contributed by atoms with Crippen LogP contribution in [0.2, 0.25) is 0 Å². The average Bonchev–Trinajstić information content (AvgIpc) is 2.63. The zero-order valence-corrected chi connectivity index (χ0v) is 17.6. The second-order valence-electron chi connectivity index (χ2n) is 7.88. The molecule has 2 rings (SSSR count). The van der Waals surface area contributed by atoms with Crippen molar-refractivity contribution < 1.29 is 0 Å². The van der Waals surface area contributed by atoms with Crippen LogP contribution in [0.1, 0.15) is 69.2 Å². The van der Waals surface area contributed by atoms with Crippen LogP contribution in [-0.2, 0) is 0 Å². The summed E-state index contributed by atoms with van der Waals surface area (Å²) in [5, 5.41) is 0. The summed E-state index contributed by atoms with van der Waals surface area (Å²) in [6.07, 6.45) is 0. The Labute approximate surface area is 138 Å². The second kappa shape index (κ2) is 5.01. The first kappa shape index (κ1) is 16.9. The molecule has 0 saturated heterocycles. The molecule has 0 aromatic heterocycles. The molecule has 1 heteroatoms. The Morgan fingerprint density at radius 3 is 1.00 bits per heavy atom. The van der Waals surface area contributed by atoms with Gasteiger partial charge in [0.1, 0.15) is 0 Å². The van der Waals surface area contributed by atoms with Gasteiger partial charge in [0.2, 0.25) is 0 Å². The average molecular weight is 343 g/mol. The van der Waals surface area contributed by atoms with Gasteiger partial charge in [0, 0.05) is 0 Å². The quantitative estimate of drug-likeness (QED) is 0.540. The van der Waals surface area contributed by atoms with E-state index in [2.05, 4.69) is 69.2 Å². The molecule has 2 radical (unpaired) electrons. The van der Waals surface area contributed by atoms with Gasteiger partial charge >= 0.3 is 138 Å². The topological polar surface area (TPSA) is 0 Å². The van der Waals surface area contributed by atoms with Crippen molar-refractivity contribution >= 4 is 15.4 Å². The molecule has 0 bridgehead atoms. The molecule has 0 N–H and O–H groups in total. The van der Waals surface area contributed by atoms with Crippen LogP contribution in [0.25, 0.3) is 0 Å². The van der Waals surface area contributed by atoms with Gasteiger partial charge in [-0.05, 0) is 0 Å². The van der Waals surface area contributed by atoms with Crippen LogP contribution in [-0.4, -0.2) is 15.4 Å². The second-order valence-corrected chi connectivity index (χ2v) is 10.5. The van der Waals surface area contributed by atoms with Crippen molar-refractivity contribution in [3.8, 4) is 0 Å². The van der Waals surface area contributed by atoms with Gasteiger partial charge in [-0.3, -0.25) is 0 Å². The van der Waals surface area contributed by atoms with Crippen molar-refractivity contribution in [1.29, 1.82) is 0 Å². The van der Waals surface area contributed by atoms with Crippen LogP contribution in [0.5, 0.6) is 0 Å². The molecule has 0 aliphatic heterocycles. The van der Waals surface area contributed by atoms with Crippen LogP contribution >= 0.6 is 0 Å². The predicted octanol–water partition coefficient (Wildman–Crippen LogP) is 5.99. The number of hydrogen-bond donors (Lipinski definition) is 0. The molecule has 0 saturated carbocycles. The third-order valence-corrected chi connectivity index (χ3v) is 11.6. The van der Waals surface area contributed by atoms with Gasteiger partial charge < -0.3 is 0 Å². The molecule has 0 spiro atoms. The summed E-state index contributed by atoms with van der Waals surface area (Å²) in [6.45, 7) is 23.6. The molecule has 0 atom stereocenters. The van der Waals surface area contributed by atoms with E-state index in [4.69, 9.17) is 0 Å². The monoisotopic (exact) mass is 344 g/mol. The summed E-state index contributed by atoms with van der Waals surface area (Å²) in [4.78, 5) is 0. The molecular formula is C20H30Ge. The van der Waals surface area contributed by atoms with Crippen molar-refractivity contribution in [2.45, 2.75) is 69.2 Å². The Hall–Kier alpha value is -0.497. The first-order valence-corrected chi connectivity index (χ1v) is 10.1. The van der Waals surface area contributed by atoms with Crippen molar-refractivity contribution in [3.05, 3.63) is 42.2 Å². The standard InChI is InChI=1S/C20H30Ge/c1-11-13(3)17(19(7,8)15(11)5)21-18-14(4)12(2)16(6)20(18,9)10/h1-10H3. The fourth-order valence-electron chi connectivity index (χ4n) is 3.81. The van der Waals surface area contributed by atoms with Crippen molar-refractivity contribution in [2.75, 3.05) is 0 Å². The maximum absolute atomic E-state index is 2.42. The molecule has 21 heavy (non-hydrogen) atoms. The molecule has 0 unspecified atom stereocenters. The van der Waals surface area contributed by atoms with Gasteiger partial charge in [0.15, 0.2) is 0 Å². The van der Waals surface area contributed by atoms with E-state index in [9.17, 15) is 0 Å². The normalized spacial score (nSPS) is 24.9. The van der Waals surface area contributed by atoms with E-state index < -0.39 is 0 Å². The number of rotatable bonds is 2. The Morgan fingerprint density at radius 1 is 0.524 bits per heavy atom. The molecular weight excluding hydrogens is 313 g/mol. The molecule has 0 heterocycles. The van der Waals surface area contributed by atoms with Crippen molar-refractivity contribution in [2.24, 2.45) is 10.8 Å². The van der Waals surface area contributed by atoms with Gasteiger partial charge in [-0.2, -0.15) is 0 Å². The minimum atomic E-state index is -0.239. The molecule has 0 nitrogen and oxygen atoms in total. The van der Waals surface area contributed by atoms with E-state index in [1.54, 1.807) is 31.1 Å². The van der Waals surface area contributed by atoms with E-state index in [1.165, 1.54) is 11.1 Å². The summed E-state index contributed by atoms with van der Waals surface area (Å²) in [6, 6.07) is 0. The van der Waals surface area contributed by atoms with E-state index in [-0.39, 0.29) is 26.3 Å². The third kappa shape index (κ3) is 2.25. The van der Waals surface area contributed by atoms with Crippen LogP contribution in [0.15, 0.2) is 42.2 Å². The van der Waals surface area contributed by atoms with Gasteiger partial charge in [-0.1, -0.05) is 0 Å². The van der Waals surface area contributed by atoms with Crippen LogP contribution in [0, 0.1) is 10.8 Å². The summed E-state index contributed by atoms with van der Waals surface area (Å²) in [5.41, 5.74) is 9.92. The fourth-order valence-corrected chi connectivity index (χ4v) is 8.01. The van der Waals surface area contributed by atoms with Crippen molar-refractivity contribution in [3.63, 3.8) is 0 Å². The zero-order chi connectivity index (χ0) is 16.3. The summed E-state index contributed by atoms with van der Waals surface area (Å²) < 4.78 is 3.50. The third-order valence-electron chi connectivity index (χ3n) is 6.38. The minimum absolute atomic E-state index is 0.239. The summed E-state index contributed by atoms with van der Waals surface area (Å²) in [7, 11) is 0. The summed E-state index contributed by atoms with van der Waals surface area (Å²) in [5.74, 6) is 0. The number of allylic oxidation sites excluding steroid dienone is 8. The van der Waals surface area contributed by atoms with E-state index in [0.29, 0.717) is 0 Å². The van der Waals surface area contributed by atoms with Crippen LogP contribution in [0.3, 0.4) is 0 Å². The van der Waals surface area contributed by atoms with Gasteiger partial charge in [-0.15, -0.1) is 0 Å². The van der Waals surface area contributed by atoms with Gasteiger partial charge in [0.25, 0.3) is 0 Å². The zero-order valence-electron chi connectivity index (χ0n) is 15.5. The molecule has 2 aliphatic rings. The fraction of sp³-hybridized carbons (Fsp3) is 0.600. The maximum atomic E-state index is 2.42. The Morgan fingerprint density at radius 2 is 0.810 bits per heavy atom. The predicted molar refractivity (Wildman–Crippen MR) is 95.5 cm³/mol. The van der Waals surface area contributed by atoms with E-state index in [1.807, 2.05) is 0 Å². The number of hydrogen-bond acceptors (Lipinski definition) is 0.